The lowest BCUT2D eigenvalue weighted by molar-refractivity contribution is 0.00254. The molecule has 0 heteroatoms. The maximum Gasteiger partial charge on any atom is -0.0324 e. The molecule has 10 unspecified atom stereocenters. The number of unbranched alkanes of at least 4 members (excludes halogenated alkanes) is 1. The highest BCUT2D eigenvalue weighted by atomic mass is 14.5. The molecule has 0 radical (unpaired) electrons. The summed E-state index contributed by atoms with van der Waals surface area (Å²) in [5.41, 5.74) is 0. The van der Waals surface area contributed by atoms with E-state index < -0.39 is 0 Å². The number of hydrogen-bond acceptors (Lipinski definition) is 0. The molecule has 10 atom stereocenters. The number of hydrogen-bond donors (Lipinski definition) is 0. The zero-order chi connectivity index (χ0) is 25.5. The van der Waals surface area contributed by atoms with Crippen LogP contribution in [0.1, 0.15) is 163 Å². The maximum atomic E-state index is 2.60. The molecule has 36 heavy (non-hydrogen) atoms. The minimum Gasteiger partial charge on any atom is -0.0654 e. The van der Waals surface area contributed by atoms with Crippen molar-refractivity contribution in [3.8, 4) is 0 Å². The highest BCUT2D eigenvalue weighted by Gasteiger charge is 2.47. The molecule has 0 amide bonds. The van der Waals surface area contributed by atoms with E-state index in [0.717, 1.165) is 65.1 Å². The summed E-state index contributed by atoms with van der Waals surface area (Å²) in [4.78, 5) is 0. The fraction of sp³-hybridized carbons (Fsp3) is 1.00. The Bertz CT molecular complexity index is 601. The van der Waals surface area contributed by atoms with Gasteiger partial charge in [0.15, 0.2) is 0 Å². The van der Waals surface area contributed by atoms with Crippen molar-refractivity contribution in [3.63, 3.8) is 0 Å². The van der Waals surface area contributed by atoms with Crippen LogP contribution in [0.15, 0.2) is 0 Å². The van der Waals surface area contributed by atoms with Crippen molar-refractivity contribution in [2.24, 2.45) is 65.1 Å². The predicted molar refractivity (Wildman–Crippen MR) is 159 cm³/mol. The number of fused-ring (bicyclic) bond motifs is 1. The van der Waals surface area contributed by atoms with Crippen molar-refractivity contribution in [1.29, 1.82) is 0 Å². The fourth-order valence-electron chi connectivity index (χ4n) is 10.8. The molecule has 0 spiro atoms. The summed E-state index contributed by atoms with van der Waals surface area (Å²) in [7, 11) is 0. The normalized spacial score (nSPS) is 43.6. The van der Waals surface area contributed by atoms with Gasteiger partial charge >= 0.3 is 0 Å². The molecule has 5 rings (SSSR count). The van der Waals surface area contributed by atoms with Crippen molar-refractivity contribution in [1.82, 2.24) is 0 Å². The summed E-state index contributed by atoms with van der Waals surface area (Å²) in [6, 6.07) is 0. The first-order valence-corrected chi connectivity index (χ1v) is 17.5. The SMILES string of the molecule is CCC1CCC(C2CCC(C)C2)C(CC)C1.CCCCC1C(C)CC2CCCC2C1C1CCCCC1. The molecule has 5 saturated carbocycles. The van der Waals surface area contributed by atoms with Gasteiger partial charge in [-0.3, -0.25) is 0 Å². The first-order valence-electron chi connectivity index (χ1n) is 17.5. The van der Waals surface area contributed by atoms with Gasteiger partial charge in [0.05, 0.1) is 0 Å². The van der Waals surface area contributed by atoms with Crippen LogP contribution in [0, 0.1) is 65.1 Å². The predicted octanol–water partition coefficient (Wildman–Crippen LogP) is 11.7. The highest BCUT2D eigenvalue weighted by molar-refractivity contribution is 4.96. The van der Waals surface area contributed by atoms with Gasteiger partial charge in [-0.25, -0.2) is 0 Å². The summed E-state index contributed by atoms with van der Waals surface area (Å²) in [6.07, 6.45) is 30.5. The van der Waals surface area contributed by atoms with Gasteiger partial charge in [-0.2, -0.15) is 0 Å². The quantitative estimate of drug-likeness (QED) is 0.327. The maximum absolute atomic E-state index is 2.60. The van der Waals surface area contributed by atoms with E-state index >= 15 is 0 Å². The summed E-state index contributed by atoms with van der Waals surface area (Å²) < 4.78 is 0. The van der Waals surface area contributed by atoms with E-state index in [1.165, 1.54) is 64.2 Å². The lowest BCUT2D eigenvalue weighted by Gasteiger charge is -2.49. The standard InChI is InChI=1S/C20H36.C16H30/c1-3-4-12-18-15(2)14-17-11-8-13-19(17)20(18)16-9-6-5-7-10-16;1-4-13-7-9-16(14(5-2)11-13)15-8-6-12(3)10-15/h15-20H,3-14H2,1-2H3;12-16H,4-11H2,1-3H3. The third kappa shape index (κ3) is 7.14. The Kier molecular flexibility index (Phi) is 11.6. The first-order chi connectivity index (χ1) is 17.5. The van der Waals surface area contributed by atoms with Crippen LogP contribution in [0.2, 0.25) is 0 Å². The molecular weight excluding hydrogens is 432 g/mol. The van der Waals surface area contributed by atoms with E-state index in [4.69, 9.17) is 0 Å². The van der Waals surface area contributed by atoms with Gasteiger partial charge in [-0.15, -0.1) is 0 Å². The molecule has 0 bridgehead atoms. The third-order valence-corrected chi connectivity index (χ3v) is 12.8. The van der Waals surface area contributed by atoms with E-state index in [0.29, 0.717) is 0 Å². The molecule has 0 nitrogen and oxygen atoms in total. The minimum atomic E-state index is 1.02. The van der Waals surface area contributed by atoms with Crippen molar-refractivity contribution < 1.29 is 0 Å². The van der Waals surface area contributed by atoms with Gasteiger partial charge < -0.3 is 0 Å². The molecule has 5 aliphatic rings. The van der Waals surface area contributed by atoms with Gasteiger partial charge in [0, 0.05) is 0 Å². The van der Waals surface area contributed by atoms with Crippen LogP contribution in [0.25, 0.3) is 0 Å². The van der Waals surface area contributed by atoms with Crippen LogP contribution >= 0.6 is 0 Å². The summed E-state index contributed by atoms with van der Waals surface area (Å²) in [5.74, 6) is 11.9. The van der Waals surface area contributed by atoms with Crippen LogP contribution in [0.5, 0.6) is 0 Å². The van der Waals surface area contributed by atoms with Crippen molar-refractivity contribution in [2.75, 3.05) is 0 Å². The van der Waals surface area contributed by atoms with Crippen molar-refractivity contribution in [3.05, 3.63) is 0 Å². The molecule has 0 heterocycles. The van der Waals surface area contributed by atoms with E-state index in [1.807, 2.05) is 0 Å². The second kappa shape index (κ2) is 14.4. The van der Waals surface area contributed by atoms with Gasteiger partial charge in [0.1, 0.15) is 0 Å². The molecule has 210 valence electrons. The van der Waals surface area contributed by atoms with Gasteiger partial charge in [0.25, 0.3) is 0 Å². The second-order valence-corrected chi connectivity index (χ2v) is 14.9. The fourth-order valence-corrected chi connectivity index (χ4v) is 10.8. The average molecular weight is 499 g/mol. The van der Waals surface area contributed by atoms with Gasteiger partial charge in [0.2, 0.25) is 0 Å². The van der Waals surface area contributed by atoms with Crippen LogP contribution in [0.3, 0.4) is 0 Å². The van der Waals surface area contributed by atoms with E-state index in [-0.39, 0.29) is 0 Å². The minimum absolute atomic E-state index is 1.02. The summed E-state index contributed by atoms with van der Waals surface area (Å²) >= 11 is 0. The molecule has 0 N–H and O–H groups in total. The largest absolute Gasteiger partial charge is 0.0654 e. The average Bonchev–Trinajstić information content (AvgIpc) is 3.56. The van der Waals surface area contributed by atoms with Crippen LogP contribution in [-0.4, -0.2) is 0 Å². The Labute approximate surface area is 227 Å². The van der Waals surface area contributed by atoms with E-state index in [2.05, 4.69) is 34.6 Å². The lowest BCUT2D eigenvalue weighted by Crippen LogP contribution is -2.41. The summed E-state index contributed by atoms with van der Waals surface area (Å²) in [6.45, 7) is 12.2. The Morgan fingerprint density at radius 2 is 1.33 bits per heavy atom. The van der Waals surface area contributed by atoms with Crippen LogP contribution in [-0.2, 0) is 0 Å². The Morgan fingerprint density at radius 1 is 0.583 bits per heavy atom. The van der Waals surface area contributed by atoms with E-state index in [9.17, 15) is 0 Å². The summed E-state index contributed by atoms with van der Waals surface area (Å²) in [5, 5.41) is 0. The topological polar surface area (TPSA) is 0 Å². The molecule has 0 aliphatic heterocycles. The molecule has 0 aromatic heterocycles. The second-order valence-electron chi connectivity index (χ2n) is 14.9. The molecule has 0 saturated heterocycles. The molecular formula is C36H66. The van der Waals surface area contributed by atoms with Crippen LogP contribution in [0.4, 0.5) is 0 Å². The Morgan fingerprint density at radius 3 is 2.00 bits per heavy atom. The molecule has 0 aromatic rings. The highest BCUT2D eigenvalue weighted by Crippen LogP contribution is 2.56. The molecule has 5 aliphatic carbocycles. The smallest absolute Gasteiger partial charge is 0.0324 e. The van der Waals surface area contributed by atoms with Gasteiger partial charge in [-0.05, 0) is 110 Å². The Balaban J connectivity index is 0.000000174. The number of rotatable bonds is 7. The van der Waals surface area contributed by atoms with Crippen molar-refractivity contribution in [2.45, 2.75) is 163 Å². The lowest BCUT2D eigenvalue weighted by atomic mass is 9.56. The zero-order valence-electron chi connectivity index (χ0n) is 25.5. The first kappa shape index (κ1) is 29.0. The van der Waals surface area contributed by atoms with E-state index in [1.54, 1.807) is 64.2 Å². The monoisotopic (exact) mass is 499 g/mol. The van der Waals surface area contributed by atoms with Gasteiger partial charge in [-0.1, -0.05) is 118 Å². The van der Waals surface area contributed by atoms with Crippen molar-refractivity contribution >= 4 is 0 Å². The Hall–Kier alpha value is 0. The third-order valence-electron chi connectivity index (χ3n) is 12.8. The molecule has 0 aromatic carbocycles. The zero-order valence-corrected chi connectivity index (χ0v) is 25.5. The molecule has 5 fully saturated rings. The van der Waals surface area contributed by atoms with Crippen LogP contribution < -0.4 is 0 Å².